The van der Waals surface area contributed by atoms with Crippen LogP contribution >= 0.6 is 0 Å². The fourth-order valence-electron chi connectivity index (χ4n) is 4.42. The number of aromatic hydroxyl groups is 3. The first-order chi connectivity index (χ1) is 15.5. The molecule has 0 saturated heterocycles. The van der Waals surface area contributed by atoms with Crippen molar-refractivity contribution in [3.63, 3.8) is 0 Å². The third-order valence-electron chi connectivity index (χ3n) is 7.17. The van der Waals surface area contributed by atoms with Crippen molar-refractivity contribution in [3.8, 4) is 17.2 Å². The van der Waals surface area contributed by atoms with Crippen molar-refractivity contribution in [2.24, 2.45) is 10.8 Å². The molecule has 186 valence electrons. The van der Waals surface area contributed by atoms with E-state index >= 15 is 0 Å². The van der Waals surface area contributed by atoms with E-state index in [0.717, 1.165) is 76.2 Å². The summed E-state index contributed by atoms with van der Waals surface area (Å²) in [6, 6.07) is 1.53. The van der Waals surface area contributed by atoms with E-state index in [9.17, 15) is 35.1 Å². The number of aryl methyl sites for hydroxylation is 1. The van der Waals surface area contributed by atoms with Crippen LogP contribution in [0.25, 0.3) is 0 Å². The first-order valence-electron chi connectivity index (χ1n) is 12.2. The number of carboxylic acid groups (broad SMARTS) is 2. The summed E-state index contributed by atoms with van der Waals surface area (Å²) in [5.74, 6) is -2.52. The van der Waals surface area contributed by atoms with Crippen LogP contribution < -0.4 is 0 Å². The normalized spacial score (nSPS) is 14.8. The maximum Gasteiger partial charge on any atom is 0.309 e. The van der Waals surface area contributed by atoms with Crippen LogP contribution in [-0.4, -0.2) is 37.5 Å². The van der Waals surface area contributed by atoms with E-state index in [-0.39, 0.29) is 11.5 Å². The van der Waals surface area contributed by atoms with E-state index in [1.54, 1.807) is 13.8 Å². The van der Waals surface area contributed by atoms with E-state index in [4.69, 9.17) is 0 Å². The van der Waals surface area contributed by atoms with Crippen molar-refractivity contribution in [1.82, 2.24) is 0 Å². The van der Waals surface area contributed by atoms with Crippen molar-refractivity contribution < 1.29 is 35.1 Å². The summed E-state index contributed by atoms with van der Waals surface area (Å²) >= 11 is 0. The first kappa shape index (κ1) is 26.8. The molecule has 0 atom stereocenters. The van der Waals surface area contributed by atoms with Crippen LogP contribution in [0, 0.1) is 10.8 Å². The second-order valence-corrected chi connectivity index (χ2v) is 10.3. The molecule has 0 radical (unpaired) electrons. The second kappa shape index (κ2) is 11.6. The van der Waals surface area contributed by atoms with E-state index < -0.39 is 28.5 Å². The molecule has 0 aliphatic heterocycles. The molecular weight excluding hydrogens is 424 g/mol. The van der Waals surface area contributed by atoms with Gasteiger partial charge in [0.05, 0.1) is 10.8 Å². The molecule has 7 heteroatoms. The number of hydrogen-bond acceptors (Lipinski definition) is 5. The maximum atomic E-state index is 11.2. The zero-order chi connectivity index (χ0) is 24.6. The number of unbranched alkanes of at least 4 members (excludes halogenated alkanes) is 6. The van der Waals surface area contributed by atoms with Gasteiger partial charge in [0.15, 0.2) is 11.5 Å². The van der Waals surface area contributed by atoms with E-state index in [1.807, 2.05) is 0 Å². The van der Waals surface area contributed by atoms with Gasteiger partial charge in [0.1, 0.15) is 0 Å². The standard InChI is InChI=1S/C26H40O7/c1-25(2,23(30)31)13-9-5-4-8-12-19-18(17-20(27)22(29)21(19)28)11-7-3-6-10-14-26(15-16-26)24(32)33/h17,27-29H,3-16H2,1-2H3,(H,30,31)(H,32,33). The third kappa shape index (κ3) is 7.54. The summed E-state index contributed by atoms with van der Waals surface area (Å²) in [7, 11) is 0. The molecule has 5 N–H and O–H groups in total. The summed E-state index contributed by atoms with van der Waals surface area (Å²) in [5.41, 5.74) is 0.310. The number of phenolic OH excluding ortho intramolecular Hbond substituents is 3. The summed E-state index contributed by atoms with van der Waals surface area (Å²) in [4.78, 5) is 22.4. The Bertz CT molecular complexity index is 824. The largest absolute Gasteiger partial charge is 0.504 e. The topological polar surface area (TPSA) is 135 Å². The Morgan fingerprint density at radius 2 is 1.42 bits per heavy atom. The Kier molecular flexibility index (Phi) is 9.44. The lowest BCUT2D eigenvalue weighted by atomic mass is 9.87. The molecule has 1 aliphatic rings. The second-order valence-electron chi connectivity index (χ2n) is 10.3. The molecule has 0 bridgehead atoms. The molecule has 2 rings (SSSR count). The van der Waals surface area contributed by atoms with Gasteiger partial charge < -0.3 is 25.5 Å². The maximum absolute atomic E-state index is 11.2. The lowest BCUT2D eigenvalue weighted by Crippen LogP contribution is -2.23. The minimum atomic E-state index is -0.787. The molecule has 7 nitrogen and oxygen atoms in total. The molecule has 1 aromatic rings. The molecule has 1 fully saturated rings. The molecule has 0 unspecified atom stereocenters. The highest BCUT2D eigenvalue weighted by molar-refractivity contribution is 5.77. The van der Waals surface area contributed by atoms with Crippen LogP contribution in [-0.2, 0) is 22.4 Å². The van der Waals surface area contributed by atoms with Gasteiger partial charge in [-0.05, 0) is 76.8 Å². The first-order valence-corrected chi connectivity index (χ1v) is 12.2. The van der Waals surface area contributed by atoms with Gasteiger partial charge in [-0.25, -0.2) is 0 Å². The van der Waals surface area contributed by atoms with Crippen LogP contribution in [0.4, 0.5) is 0 Å². The molecule has 33 heavy (non-hydrogen) atoms. The lowest BCUT2D eigenvalue weighted by molar-refractivity contribution is -0.147. The quantitative estimate of drug-likeness (QED) is 0.155. The fraction of sp³-hybridized carbons (Fsp3) is 0.692. The van der Waals surface area contributed by atoms with Crippen LogP contribution in [0.1, 0.15) is 102 Å². The van der Waals surface area contributed by atoms with Gasteiger partial charge in [0.2, 0.25) is 5.75 Å². The Labute approximate surface area is 196 Å². The monoisotopic (exact) mass is 464 g/mol. The highest BCUT2D eigenvalue weighted by Crippen LogP contribution is 2.50. The van der Waals surface area contributed by atoms with E-state index in [1.165, 1.54) is 6.07 Å². The molecule has 0 aromatic heterocycles. The molecule has 1 aliphatic carbocycles. The average molecular weight is 465 g/mol. The Morgan fingerprint density at radius 3 is 2.00 bits per heavy atom. The summed E-state index contributed by atoms with van der Waals surface area (Å²) in [6.45, 7) is 3.46. The van der Waals surface area contributed by atoms with Gasteiger partial charge in [-0.15, -0.1) is 0 Å². The third-order valence-corrected chi connectivity index (χ3v) is 7.17. The molecule has 0 heterocycles. The van der Waals surface area contributed by atoms with Gasteiger partial charge >= 0.3 is 11.9 Å². The average Bonchev–Trinajstić information content (AvgIpc) is 3.54. The van der Waals surface area contributed by atoms with E-state index in [2.05, 4.69) is 0 Å². The van der Waals surface area contributed by atoms with Crippen LogP contribution in [0.15, 0.2) is 6.07 Å². The molecule has 1 aromatic carbocycles. The van der Waals surface area contributed by atoms with Gasteiger partial charge in [0.25, 0.3) is 0 Å². The predicted octanol–water partition coefficient (Wildman–Crippen LogP) is 5.77. The fourth-order valence-corrected chi connectivity index (χ4v) is 4.42. The Balaban J connectivity index is 1.78. The SMILES string of the molecule is CC(C)(CCCCCCc1c(CCCCCCC2(C(=O)O)CC2)cc(O)c(O)c1O)C(=O)O. The molecule has 1 saturated carbocycles. The minimum absolute atomic E-state index is 0.255. The molecular formula is C26H40O7. The van der Waals surface area contributed by atoms with E-state index in [0.29, 0.717) is 24.8 Å². The van der Waals surface area contributed by atoms with Crippen LogP contribution in [0.3, 0.4) is 0 Å². The van der Waals surface area contributed by atoms with Gasteiger partial charge in [0, 0.05) is 5.56 Å². The lowest BCUT2D eigenvalue weighted by Gasteiger charge is -2.18. The zero-order valence-electron chi connectivity index (χ0n) is 20.0. The number of rotatable bonds is 16. The number of carboxylic acids is 2. The van der Waals surface area contributed by atoms with Crippen LogP contribution in [0.2, 0.25) is 0 Å². The smallest absolute Gasteiger partial charge is 0.309 e. The van der Waals surface area contributed by atoms with Crippen LogP contribution in [0.5, 0.6) is 17.2 Å². The van der Waals surface area contributed by atoms with Crippen molar-refractivity contribution in [3.05, 3.63) is 17.2 Å². The number of phenols is 3. The number of carbonyl (C=O) groups is 2. The van der Waals surface area contributed by atoms with Gasteiger partial charge in [-0.1, -0.05) is 38.5 Å². The zero-order valence-corrected chi connectivity index (χ0v) is 20.0. The molecule has 0 spiro atoms. The Hall–Kier alpha value is -2.44. The summed E-state index contributed by atoms with van der Waals surface area (Å²) < 4.78 is 0. The highest BCUT2D eigenvalue weighted by atomic mass is 16.4. The van der Waals surface area contributed by atoms with Gasteiger partial charge in [-0.3, -0.25) is 9.59 Å². The van der Waals surface area contributed by atoms with Gasteiger partial charge in [-0.2, -0.15) is 0 Å². The Morgan fingerprint density at radius 1 is 0.848 bits per heavy atom. The number of aliphatic carboxylic acids is 2. The molecule has 0 amide bonds. The van der Waals surface area contributed by atoms with Crippen molar-refractivity contribution in [2.75, 3.05) is 0 Å². The predicted molar refractivity (Wildman–Crippen MR) is 126 cm³/mol. The summed E-state index contributed by atoms with van der Waals surface area (Å²) in [5, 5.41) is 48.7. The van der Waals surface area contributed by atoms with Crippen molar-refractivity contribution in [1.29, 1.82) is 0 Å². The number of benzene rings is 1. The minimum Gasteiger partial charge on any atom is -0.504 e. The number of hydrogen-bond donors (Lipinski definition) is 5. The van der Waals surface area contributed by atoms with Crippen molar-refractivity contribution >= 4 is 11.9 Å². The van der Waals surface area contributed by atoms with Crippen molar-refractivity contribution in [2.45, 2.75) is 104 Å². The summed E-state index contributed by atoms with van der Waals surface area (Å²) in [6.07, 6.45) is 11.2. The highest BCUT2D eigenvalue weighted by Gasteiger charge is 2.49.